The van der Waals surface area contributed by atoms with Gasteiger partial charge in [-0.15, -0.1) is 0 Å². The van der Waals surface area contributed by atoms with E-state index in [0.717, 1.165) is 65.1 Å². The Morgan fingerprint density at radius 3 is 1.41 bits per heavy atom. The summed E-state index contributed by atoms with van der Waals surface area (Å²) in [5, 5.41) is 36.5. The number of nitrogens with zero attached hydrogens (tertiary/aromatic N) is 4. The molecule has 0 rings (SSSR count). The topological polar surface area (TPSA) is 93.9 Å². The van der Waals surface area contributed by atoms with Gasteiger partial charge < -0.3 is 25.3 Å². The van der Waals surface area contributed by atoms with E-state index in [1.54, 1.807) is 0 Å². The van der Waals surface area contributed by atoms with E-state index in [0.29, 0.717) is 26.2 Å². The third kappa shape index (κ3) is 18.9. The lowest BCUT2D eigenvalue weighted by Gasteiger charge is -2.25. The third-order valence-electron chi connectivity index (χ3n) is 5.66. The first kappa shape index (κ1) is 31.4. The molecule has 0 unspecified atom stereocenters. The molecule has 0 spiro atoms. The van der Waals surface area contributed by atoms with Gasteiger partial charge in [0.25, 0.3) is 0 Å². The van der Waals surface area contributed by atoms with Crippen LogP contribution in [0.3, 0.4) is 0 Å². The summed E-state index contributed by atoms with van der Waals surface area (Å²) in [6, 6.07) is 0. The summed E-state index contributed by atoms with van der Waals surface area (Å²) in [5.41, 5.74) is 0. The van der Waals surface area contributed by atoms with Crippen LogP contribution in [0.15, 0.2) is 12.2 Å². The summed E-state index contributed by atoms with van der Waals surface area (Å²) in [4.78, 5) is 9.11. The largest absolute Gasteiger partial charge is 0.395 e. The molecule has 0 aliphatic rings. The molecule has 0 amide bonds. The second kappa shape index (κ2) is 23.6. The van der Waals surface area contributed by atoms with Crippen LogP contribution in [-0.2, 0) is 0 Å². The van der Waals surface area contributed by atoms with Crippen molar-refractivity contribution in [1.29, 1.82) is 0 Å². The Kier molecular flexibility index (Phi) is 23.1. The van der Waals surface area contributed by atoms with Crippen LogP contribution < -0.4 is 0 Å². The Bertz CT molecular complexity index is 403. The SMILES string of the molecule is CC/C=C\CN(CCCCN(C)CCCN(CCO)CCO)CCCN(CCO)CCO. The van der Waals surface area contributed by atoms with E-state index in [1.807, 2.05) is 0 Å². The van der Waals surface area contributed by atoms with Crippen LogP contribution in [0.2, 0.25) is 0 Å². The van der Waals surface area contributed by atoms with Crippen molar-refractivity contribution >= 4 is 0 Å². The van der Waals surface area contributed by atoms with Gasteiger partial charge in [0.1, 0.15) is 0 Å². The van der Waals surface area contributed by atoms with Gasteiger partial charge >= 0.3 is 0 Å². The number of hydrogen-bond donors (Lipinski definition) is 4. The average molecular weight is 461 g/mol. The Morgan fingerprint density at radius 1 is 0.500 bits per heavy atom. The molecule has 192 valence electrons. The van der Waals surface area contributed by atoms with Gasteiger partial charge in [-0.3, -0.25) is 14.7 Å². The number of unbranched alkanes of at least 4 members (excludes halogenated alkanes) is 1. The molecule has 8 heteroatoms. The molecule has 0 heterocycles. The number of allylic oxidation sites excluding steroid dienone is 1. The first-order valence-electron chi connectivity index (χ1n) is 12.5. The zero-order valence-corrected chi connectivity index (χ0v) is 20.9. The molecule has 4 N–H and O–H groups in total. The van der Waals surface area contributed by atoms with E-state index in [9.17, 15) is 0 Å². The van der Waals surface area contributed by atoms with Crippen LogP contribution in [0.25, 0.3) is 0 Å². The molecule has 32 heavy (non-hydrogen) atoms. The molecule has 0 aromatic carbocycles. The Balaban J connectivity index is 4.16. The number of aliphatic hydroxyl groups is 4. The fourth-order valence-electron chi connectivity index (χ4n) is 3.83. The molecule has 0 aromatic heterocycles. The third-order valence-corrected chi connectivity index (χ3v) is 5.66. The smallest absolute Gasteiger partial charge is 0.0558 e. The molecule has 0 aliphatic heterocycles. The molecule has 8 nitrogen and oxygen atoms in total. The van der Waals surface area contributed by atoms with Crippen molar-refractivity contribution in [1.82, 2.24) is 19.6 Å². The minimum Gasteiger partial charge on any atom is -0.395 e. The molecule has 0 saturated heterocycles. The van der Waals surface area contributed by atoms with Gasteiger partial charge in [0, 0.05) is 32.7 Å². The molecule has 0 saturated carbocycles. The second-order valence-electron chi connectivity index (χ2n) is 8.48. The lowest BCUT2D eigenvalue weighted by molar-refractivity contribution is 0.153. The summed E-state index contributed by atoms with van der Waals surface area (Å²) < 4.78 is 0. The van der Waals surface area contributed by atoms with Gasteiger partial charge in [-0.25, -0.2) is 0 Å². The number of rotatable bonds is 24. The lowest BCUT2D eigenvalue weighted by Crippen LogP contribution is -2.34. The van der Waals surface area contributed by atoms with Gasteiger partial charge in [0.2, 0.25) is 0 Å². The fourth-order valence-corrected chi connectivity index (χ4v) is 3.83. The number of aliphatic hydroxyl groups excluding tert-OH is 4. The standard InChI is InChI=1S/C24H52N4O4/c1-3-4-5-12-26(15-9-16-28(19-23-31)20-24-32)13-7-6-10-25(2)11-8-14-27(17-21-29)18-22-30/h4-5,29-32H,3,6-24H2,1-2H3/b5-4-. The van der Waals surface area contributed by atoms with Crippen LogP contribution in [0.1, 0.15) is 39.0 Å². The lowest BCUT2D eigenvalue weighted by atomic mass is 10.2. The summed E-state index contributed by atoms with van der Waals surface area (Å²) in [6.07, 6.45) is 9.97. The van der Waals surface area contributed by atoms with E-state index in [2.05, 4.69) is 45.7 Å². The monoisotopic (exact) mass is 460 g/mol. The van der Waals surface area contributed by atoms with E-state index in [1.165, 1.54) is 12.8 Å². The highest BCUT2D eigenvalue weighted by Gasteiger charge is 2.08. The maximum Gasteiger partial charge on any atom is 0.0558 e. The van der Waals surface area contributed by atoms with Crippen molar-refractivity contribution in [3.05, 3.63) is 12.2 Å². The highest BCUT2D eigenvalue weighted by molar-refractivity contribution is 4.84. The fraction of sp³-hybridized carbons (Fsp3) is 0.917. The zero-order chi connectivity index (χ0) is 23.9. The quantitative estimate of drug-likeness (QED) is 0.121. The van der Waals surface area contributed by atoms with Gasteiger partial charge in [-0.05, 0) is 78.4 Å². The molecular weight excluding hydrogens is 408 g/mol. The van der Waals surface area contributed by atoms with E-state index in [4.69, 9.17) is 20.4 Å². The first-order valence-corrected chi connectivity index (χ1v) is 12.5. The first-order chi connectivity index (χ1) is 15.6. The van der Waals surface area contributed by atoms with Crippen molar-refractivity contribution < 1.29 is 20.4 Å². The summed E-state index contributed by atoms with van der Waals surface area (Å²) in [7, 11) is 2.17. The van der Waals surface area contributed by atoms with Crippen molar-refractivity contribution in [2.45, 2.75) is 39.0 Å². The van der Waals surface area contributed by atoms with Crippen LogP contribution in [-0.4, -0.2) is 145 Å². The molecule has 0 atom stereocenters. The Morgan fingerprint density at radius 2 is 0.906 bits per heavy atom. The van der Waals surface area contributed by atoms with E-state index >= 15 is 0 Å². The van der Waals surface area contributed by atoms with Gasteiger partial charge in [-0.2, -0.15) is 0 Å². The molecule has 0 aliphatic carbocycles. The average Bonchev–Trinajstić information content (AvgIpc) is 2.77. The Labute approximate surface area is 197 Å². The molecule has 0 fully saturated rings. The van der Waals surface area contributed by atoms with E-state index in [-0.39, 0.29) is 26.4 Å². The van der Waals surface area contributed by atoms with Crippen LogP contribution in [0, 0.1) is 0 Å². The second-order valence-corrected chi connectivity index (χ2v) is 8.48. The molecule has 0 bridgehead atoms. The van der Waals surface area contributed by atoms with Gasteiger partial charge in [0.05, 0.1) is 26.4 Å². The van der Waals surface area contributed by atoms with Crippen molar-refractivity contribution in [3.63, 3.8) is 0 Å². The van der Waals surface area contributed by atoms with Crippen molar-refractivity contribution in [2.75, 3.05) is 105 Å². The summed E-state index contributed by atoms with van der Waals surface area (Å²) >= 11 is 0. The predicted molar refractivity (Wildman–Crippen MR) is 133 cm³/mol. The minimum absolute atomic E-state index is 0.136. The number of hydrogen-bond acceptors (Lipinski definition) is 8. The highest BCUT2D eigenvalue weighted by Crippen LogP contribution is 2.02. The molecular formula is C24H52N4O4. The van der Waals surface area contributed by atoms with Crippen molar-refractivity contribution in [2.24, 2.45) is 0 Å². The van der Waals surface area contributed by atoms with Crippen LogP contribution in [0.5, 0.6) is 0 Å². The van der Waals surface area contributed by atoms with Gasteiger partial charge in [0.15, 0.2) is 0 Å². The molecule has 0 radical (unpaired) electrons. The Hall–Kier alpha value is -0.580. The summed E-state index contributed by atoms with van der Waals surface area (Å²) in [6.45, 7) is 12.2. The van der Waals surface area contributed by atoms with Crippen LogP contribution in [0.4, 0.5) is 0 Å². The van der Waals surface area contributed by atoms with Gasteiger partial charge in [-0.1, -0.05) is 19.1 Å². The molecule has 0 aromatic rings. The van der Waals surface area contributed by atoms with E-state index < -0.39 is 0 Å². The maximum atomic E-state index is 9.16. The highest BCUT2D eigenvalue weighted by atomic mass is 16.3. The normalized spacial score (nSPS) is 12.4. The minimum atomic E-state index is 0.136. The predicted octanol–water partition coefficient (Wildman–Crippen LogP) is 0.320. The summed E-state index contributed by atoms with van der Waals surface area (Å²) in [5.74, 6) is 0. The van der Waals surface area contributed by atoms with Crippen molar-refractivity contribution in [3.8, 4) is 0 Å². The van der Waals surface area contributed by atoms with Crippen LogP contribution >= 0.6 is 0 Å². The zero-order valence-electron chi connectivity index (χ0n) is 20.9. The maximum absolute atomic E-state index is 9.16.